The molecule has 4 rings (SSSR count). The van der Waals surface area contributed by atoms with Crippen molar-refractivity contribution in [2.24, 2.45) is 11.8 Å². The molecule has 1 aliphatic carbocycles. The van der Waals surface area contributed by atoms with Crippen LogP contribution in [0.15, 0.2) is 60.7 Å². The predicted octanol–water partition coefficient (Wildman–Crippen LogP) is 10.4. The van der Waals surface area contributed by atoms with E-state index in [1.54, 1.807) is 0 Å². The summed E-state index contributed by atoms with van der Waals surface area (Å²) in [7, 11) is 0. The Bertz CT molecular complexity index is 1060. The second kappa shape index (κ2) is 13.4. The Balaban J connectivity index is 1.17. The van der Waals surface area contributed by atoms with Crippen LogP contribution in [0.1, 0.15) is 81.4 Å². The Morgan fingerprint density at radius 1 is 0.639 bits per heavy atom. The molecule has 1 aliphatic rings. The predicted molar refractivity (Wildman–Crippen MR) is 149 cm³/mol. The summed E-state index contributed by atoms with van der Waals surface area (Å²) < 4.78 is 27.6. The molecule has 3 aromatic carbocycles. The van der Waals surface area contributed by atoms with Gasteiger partial charge in [0, 0.05) is 0 Å². The summed E-state index contributed by atoms with van der Waals surface area (Å²) >= 11 is 5.60. The third-order valence-corrected chi connectivity index (χ3v) is 8.37. The maximum Gasteiger partial charge on any atom is 0.145 e. The van der Waals surface area contributed by atoms with Crippen molar-refractivity contribution in [2.45, 2.75) is 84.0 Å². The van der Waals surface area contributed by atoms with E-state index in [4.69, 9.17) is 11.6 Å². The summed E-state index contributed by atoms with van der Waals surface area (Å²) in [5.41, 5.74) is 5.58. The van der Waals surface area contributed by atoms with Gasteiger partial charge in [0.15, 0.2) is 0 Å². The van der Waals surface area contributed by atoms with E-state index in [-0.39, 0.29) is 0 Å². The summed E-state index contributed by atoms with van der Waals surface area (Å²) in [6.45, 7) is 2.26. The van der Waals surface area contributed by atoms with Crippen molar-refractivity contribution in [1.82, 2.24) is 0 Å². The molecule has 0 saturated heterocycles. The van der Waals surface area contributed by atoms with Crippen LogP contribution in [0.4, 0.5) is 8.78 Å². The van der Waals surface area contributed by atoms with Crippen LogP contribution in [0.3, 0.4) is 0 Å². The molecule has 0 radical (unpaired) electrons. The van der Waals surface area contributed by atoms with Crippen molar-refractivity contribution < 1.29 is 8.78 Å². The first-order chi connectivity index (χ1) is 17.5. The molecule has 0 bridgehead atoms. The van der Waals surface area contributed by atoms with E-state index in [9.17, 15) is 8.78 Å². The highest BCUT2D eigenvalue weighted by Crippen LogP contribution is 2.34. The summed E-state index contributed by atoms with van der Waals surface area (Å²) in [6.07, 6.45) is 15.3. The fourth-order valence-electron chi connectivity index (χ4n) is 5.59. The van der Waals surface area contributed by atoms with Crippen molar-refractivity contribution >= 4 is 11.6 Å². The quantitative estimate of drug-likeness (QED) is 0.178. The lowest BCUT2D eigenvalue weighted by atomic mass is 9.77. The summed E-state index contributed by atoms with van der Waals surface area (Å²) in [6, 6.07) is 20.0. The molecule has 0 spiro atoms. The minimum atomic E-state index is -0.720. The minimum Gasteiger partial charge on any atom is -0.205 e. The first-order valence-electron chi connectivity index (χ1n) is 13.8. The Hall–Kier alpha value is -2.19. The Morgan fingerprint density at radius 3 is 1.56 bits per heavy atom. The molecular formula is C33H39ClF2. The van der Waals surface area contributed by atoms with Gasteiger partial charge >= 0.3 is 0 Å². The van der Waals surface area contributed by atoms with Crippen LogP contribution in [-0.4, -0.2) is 0 Å². The number of benzene rings is 3. The molecule has 1 fully saturated rings. The lowest BCUT2D eigenvalue weighted by Crippen LogP contribution is -2.15. The SMILES string of the molecule is CCCCCc1ccc(CC[C@H]2CC[C@H](CCc3ccc(-c4cc(F)c(Cl)c(F)c4)cc3)CC2)cc1. The smallest absolute Gasteiger partial charge is 0.145 e. The third-order valence-electron chi connectivity index (χ3n) is 8.01. The molecule has 0 N–H and O–H groups in total. The monoisotopic (exact) mass is 508 g/mol. The second-order valence-electron chi connectivity index (χ2n) is 10.7. The molecule has 36 heavy (non-hydrogen) atoms. The first-order valence-corrected chi connectivity index (χ1v) is 14.2. The minimum absolute atomic E-state index is 0.447. The van der Waals surface area contributed by atoms with Gasteiger partial charge in [-0.25, -0.2) is 8.78 Å². The Labute approximate surface area is 221 Å². The summed E-state index contributed by atoms with van der Waals surface area (Å²) in [4.78, 5) is 0. The van der Waals surface area contributed by atoms with Gasteiger partial charge < -0.3 is 0 Å². The normalized spacial score (nSPS) is 17.9. The van der Waals surface area contributed by atoms with Gasteiger partial charge in [0.25, 0.3) is 0 Å². The van der Waals surface area contributed by atoms with Gasteiger partial charge in [-0.05, 0) is 90.3 Å². The highest BCUT2D eigenvalue weighted by atomic mass is 35.5. The zero-order chi connectivity index (χ0) is 25.3. The van der Waals surface area contributed by atoms with Gasteiger partial charge in [0.1, 0.15) is 16.7 Å². The summed E-state index contributed by atoms with van der Waals surface area (Å²) in [5, 5.41) is -0.447. The zero-order valence-electron chi connectivity index (χ0n) is 21.5. The van der Waals surface area contributed by atoms with E-state index in [1.165, 1.54) is 99.5 Å². The van der Waals surface area contributed by atoms with Crippen molar-refractivity contribution in [3.8, 4) is 11.1 Å². The van der Waals surface area contributed by atoms with Gasteiger partial charge in [0.2, 0.25) is 0 Å². The average molecular weight is 509 g/mol. The second-order valence-corrected chi connectivity index (χ2v) is 11.1. The van der Waals surface area contributed by atoms with E-state index in [0.29, 0.717) is 5.56 Å². The highest BCUT2D eigenvalue weighted by molar-refractivity contribution is 6.31. The molecule has 0 atom stereocenters. The van der Waals surface area contributed by atoms with Crippen LogP contribution < -0.4 is 0 Å². The largest absolute Gasteiger partial charge is 0.205 e. The fourth-order valence-corrected chi connectivity index (χ4v) is 5.70. The third kappa shape index (κ3) is 7.65. The standard InChI is InChI=1S/C33H39ClF2/c1-2-3-4-5-24-6-8-25(9-7-24)10-11-26-12-14-27(15-13-26)16-17-28-18-20-29(21-19-28)30-22-31(35)33(34)32(36)23-30/h6-9,18-23,26-27H,2-5,10-17H2,1H3/t26-,27-. The van der Waals surface area contributed by atoms with Crippen molar-refractivity contribution in [1.29, 1.82) is 0 Å². The molecule has 1 saturated carbocycles. The molecule has 0 amide bonds. The van der Waals surface area contributed by atoms with Crippen molar-refractivity contribution in [3.63, 3.8) is 0 Å². The van der Waals surface area contributed by atoms with E-state index in [2.05, 4.69) is 43.3 Å². The van der Waals surface area contributed by atoms with Crippen LogP contribution in [0.5, 0.6) is 0 Å². The Morgan fingerprint density at radius 2 is 1.08 bits per heavy atom. The van der Waals surface area contributed by atoms with E-state index < -0.39 is 16.7 Å². The maximum absolute atomic E-state index is 13.8. The zero-order valence-corrected chi connectivity index (χ0v) is 22.3. The van der Waals surface area contributed by atoms with Crippen LogP contribution in [0.2, 0.25) is 5.02 Å². The fraction of sp³-hybridized carbons (Fsp3) is 0.455. The molecule has 0 nitrogen and oxygen atoms in total. The lowest BCUT2D eigenvalue weighted by molar-refractivity contribution is 0.253. The summed E-state index contributed by atoms with van der Waals surface area (Å²) in [5.74, 6) is 0.233. The van der Waals surface area contributed by atoms with E-state index in [1.807, 2.05) is 12.1 Å². The Kier molecular flexibility index (Phi) is 9.98. The number of unbranched alkanes of at least 4 members (excludes halogenated alkanes) is 2. The van der Waals surface area contributed by atoms with Gasteiger partial charge in [0.05, 0.1) is 0 Å². The van der Waals surface area contributed by atoms with Crippen LogP contribution in [0, 0.1) is 23.5 Å². The topological polar surface area (TPSA) is 0 Å². The molecule has 3 aromatic rings. The first kappa shape index (κ1) is 26.9. The number of hydrogen-bond donors (Lipinski definition) is 0. The number of aryl methyl sites for hydroxylation is 3. The van der Waals surface area contributed by atoms with Gasteiger partial charge in [-0.15, -0.1) is 0 Å². The van der Waals surface area contributed by atoms with Gasteiger partial charge in [-0.2, -0.15) is 0 Å². The molecule has 3 heteroatoms. The maximum atomic E-state index is 13.8. The average Bonchev–Trinajstić information content (AvgIpc) is 2.91. The molecule has 0 aliphatic heterocycles. The highest BCUT2D eigenvalue weighted by Gasteiger charge is 2.21. The number of halogens is 3. The van der Waals surface area contributed by atoms with Crippen LogP contribution in [0.25, 0.3) is 11.1 Å². The molecule has 0 aromatic heterocycles. The van der Waals surface area contributed by atoms with Crippen LogP contribution >= 0.6 is 11.6 Å². The van der Waals surface area contributed by atoms with E-state index >= 15 is 0 Å². The van der Waals surface area contributed by atoms with E-state index in [0.717, 1.165) is 23.8 Å². The molecule has 192 valence electrons. The van der Waals surface area contributed by atoms with Gasteiger partial charge in [-0.3, -0.25) is 0 Å². The van der Waals surface area contributed by atoms with Gasteiger partial charge in [-0.1, -0.05) is 106 Å². The lowest BCUT2D eigenvalue weighted by Gasteiger charge is -2.28. The van der Waals surface area contributed by atoms with Crippen LogP contribution in [-0.2, 0) is 19.3 Å². The van der Waals surface area contributed by atoms with Crippen molar-refractivity contribution in [3.05, 3.63) is 94.0 Å². The molecular weight excluding hydrogens is 470 g/mol. The number of rotatable bonds is 11. The number of hydrogen-bond acceptors (Lipinski definition) is 0. The molecule has 0 unspecified atom stereocenters. The molecule has 0 heterocycles. The van der Waals surface area contributed by atoms with Crippen molar-refractivity contribution in [2.75, 3.05) is 0 Å².